The van der Waals surface area contributed by atoms with Crippen molar-refractivity contribution in [3.8, 4) is 11.6 Å². The van der Waals surface area contributed by atoms with Crippen LogP contribution in [0.4, 0.5) is 0 Å². The van der Waals surface area contributed by atoms with Crippen LogP contribution in [-0.2, 0) is 0 Å². The third kappa shape index (κ3) is 4.03. The number of nitrogens with zero attached hydrogens (tertiary/aromatic N) is 4. The normalized spacial score (nSPS) is 14.6. The van der Waals surface area contributed by atoms with Crippen LogP contribution in [0.1, 0.15) is 33.6 Å². The molecule has 3 heterocycles. The number of aromatic nitrogens is 3. The Balaban J connectivity index is 1.36. The van der Waals surface area contributed by atoms with E-state index in [0.29, 0.717) is 42.9 Å². The van der Waals surface area contributed by atoms with Crippen LogP contribution in [-0.4, -0.2) is 51.3 Å². The Morgan fingerprint density at radius 1 is 1.03 bits per heavy atom. The molecule has 0 N–H and O–H groups in total. The summed E-state index contributed by atoms with van der Waals surface area (Å²) < 4.78 is 6.92. The lowest BCUT2D eigenvalue weighted by Crippen LogP contribution is -2.40. The SMILES string of the molecule is COc1ccc(C(=O)C2CCN(C(=O)c3ccc(-n4ccnc4)nc3)CC2)cc1. The van der Waals surface area contributed by atoms with E-state index >= 15 is 0 Å². The van der Waals surface area contributed by atoms with Crippen molar-refractivity contribution < 1.29 is 14.3 Å². The van der Waals surface area contributed by atoms with Crippen molar-refractivity contribution >= 4 is 11.7 Å². The molecule has 7 nitrogen and oxygen atoms in total. The van der Waals surface area contributed by atoms with Crippen LogP contribution < -0.4 is 4.74 Å². The highest BCUT2D eigenvalue weighted by atomic mass is 16.5. The predicted octanol–water partition coefficient (Wildman–Crippen LogP) is 3.01. The number of methoxy groups -OCH3 is 1. The summed E-state index contributed by atoms with van der Waals surface area (Å²) in [5.41, 5.74) is 1.24. The van der Waals surface area contributed by atoms with E-state index < -0.39 is 0 Å². The van der Waals surface area contributed by atoms with Crippen LogP contribution in [0.3, 0.4) is 0 Å². The van der Waals surface area contributed by atoms with Gasteiger partial charge in [0.25, 0.3) is 5.91 Å². The molecule has 0 unspecified atom stereocenters. The van der Waals surface area contributed by atoms with Crippen molar-refractivity contribution in [2.45, 2.75) is 12.8 Å². The molecule has 0 bridgehead atoms. The number of ether oxygens (including phenoxy) is 1. The molecule has 0 atom stereocenters. The van der Waals surface area contributed by atoms with Crippen LogP contribution in [0.5, 0.6) is 5.75 Å². The van der Waals surface area contributed by atoms with E-state index in [1.807, 2.05) is 0 Å². The van der Waals surface area contributed by atoms with Crippen LogP contribution >= 0.6 is 0 Å². The number of hydrogen-bond donors (Lipinski definition) is 0. The summed E-state index contributed by atoms with van der Waals surface area (Å²) >= 11 is 0. The number of carbonyl (C=O) groups excluding carboxylic acids is 2. The van der Waals surface area contributed by atoms with Gasteiger partial charge in [-0.3, -0.25) is 14.2 Å². The number of hydrogen-bond acceptors (Lipinski definition) is 5. The largest absolute Gasteiger partial charge is 0.497 e. The van der Waals surface area contributed by atoms with Crippen molar-refractivity contribution in [2.24, 2.45) is 5.92 Å². The Labute approximate surface area is 169 Å². The number of carbonyl (C=O) groups is 2. The topological polar surface area (TPSA) is 77.3 Å². The van der Waals surface area contributed by atoms with Crippen LogP contribution in [0.15, 0.2) is 61.3 Å². The average molecular weight is 390 g/mol. The van der Waals surface area contributed by atoms with E-state index in [1.165, 1.54) is 0 Å². The molecule has 148 valence electrons. The standard InChI is InChI=1S/C22H22N4O3/c1-29-19-5-2-16(3-6-19)21(27)17-8-11-25(12-9-17)22(28)18-4-7-20(24-14-18)26-13-10-23-15-26/h2-7,10,13-15,17H,8-9,11-12H2,1H3. The van der Waals surface area contributed by atoms with Crippen molar-refractivity contribution in [3.63, 3.8) is 0 Å². The van der Waals surface area contributed by atoms with E-state index in [0.717, 1.165) is 5.75 Å². The summed E-state index contributed by atoms with van der Waals surface area (Å²) in [6.07, 6.45) is 8.06. The summed E-state index contributed by atoms with van der Waals surface area (Å²) in [5.74, 6) is 1.46. The summed E-state index contributed by atoms with van der Waals surface area (Å²) in [6, 6.07) is 10.8. The molecule has 7 heteroatoms. The zero-order valence-electron chi connectivity index (χ0n) is 16.2. The monoisotopic (exact) mass is 390 g/mol. The van der Waals surface area contributed by atoms with E-state index in [4.69, 9.17) is 4.74 Å². The quantitative estimate of drug-likeness (QED) is 0.626. The Morgan fingerprint density at radius 3 is 2.34 bits per heavy atom. The fourth-order valence-electron chi connectivity index (χ4n) is 3.58. The van der Waals surface area contributed by atoms with E-state index in [2.05, 4.69) is 9.97 Å². The molecule has 2 aromatic heterocycles. The maximum absolute atomic E-state index is 12.8. The number of amides is 1. The van der Waals surface area contributed by atoms with Gasteiger partial charge in [0.05, 0.1) is 12.7 Å². The third-order valence-corrected chi connectivity index (χ3v) is 5.29. The van der Waals surface area contributed by atoms with Crippen molar-refractivity contribution in [1.29, 1.82) is 0 Å². The molecular formula is C22H22N4O3. The first-order valence-corrected chi connectivity index (χ1v) is 9.57. The lowest BCUT2D eigenvalue weighted by atomic mass is 9.88. The number of piperidine rings is 1. The van der Waals surface area contributed by atoms with Crippen molar-refractivity contribution in [3.05, 3.63) is 72.4 Å². The molecule has 0 saturated carbocycles. The van der Waals surface area contributed by atoms with Gasteiger partial charge in [-0.25, -0.2) is 9.97 Å². The Bertz CT molecular complexity index is 974. The average Bonchev–Trinajstić information content (AvgIpc) is 3.33. The fourth-order valence-corrected chi connectivity index (χ4v) is 3.58. The van der Waals surface area contributed by atoms with Crippen LogP contribution in [0.2, 0.25) is 0 Å². The minimum Gasteiger partial charge on any atom is -0.497 e. The summed E-state index contributed by atoms with van der Waals surface area (Å²) in [7, 11) is 1.60. The predicted molar refractivity (Wildman–Crippen MR) is 107 cm³/mol. The number of likely N-dealkylation sites (tertiary alicyclic amines) is 1. The zero-order valence-corrected chi connectivity index (χ0v) is 16.2. The molecule has 1 saturated heterocycles. The van der Waals surface area contributed by atoms with E-state index in [1.54, 1.807) is 77.9 Å². The second kappa shape index (κ2) is 8.26. The minimum absolute atomic E-state index is 0.0509. The first-order chi connectivity index (χ1) is 14.2. The number of ketones is 1. The minimum atomic E-state index is -0.0609. The number of rotatable bonds is 5. The zero-order chi connectivity index (χ0) is 20.2. The molecule has 1 amide bonds. The van der Waals surface area contributed by atoms with Gasteiger partial charge >= 0.3 is 0 Å². The maximum atomic E-state index is 12.8. The van der Waals surface area contributed by atoms with Gasteiger partial charge in [0, 0.05) is 43.2 Å². The number of benzene rings is 1. The molecule has 4 rings (SSSR count). The van der Waals surface area contributed by atoms with Crippen LogP contribution in [0.25, 0.3) is 5.82 Å². The molecule has 0 radical (unpaired) electrons. The van der Waals surface area contributed by atoms with Crippen molar-refractivity contribution in [2.75, 3.05) is 20.2 Å². The highest BCUT2D eigenvalue weighted by Gasteiger charge is 2.28. The Morgan fingerprint density at radius 2 is 1.76 bits per heavy atom. The van der Waals surface area contributed by atoms with Crippen molar-refractivity contribution in [1.82, 2.24) is 19.4 Å². The molecule has 1 aliphatic rings. The molecule has 1 aliphatic heterocycles. The van der Waals surface area contributed by atoms with E-state index in [9.17, 15) is 9.59 Å². The van der Waals surface area contributed by atoms with Gasteiger partial charge in [-0.2, -0.15) is 0 Å². The van der Waals surface area contributed by atoms with E-state index in [-0.39, 0.29) is 17.6 Å². The molecule has 0 spiro atoms. The van der Waals surface area contributed by atoms with Gasteiger partial charge in [-0.1, -0.05) is 0 Å². The first-order valence-electron chi connectivity index (χ1n) is 9.57. The second-order valence-corrected chi connectivity index (χ2v) is 7.03. The summed E-state index contributed by atoms with van der Waals surface area (Å²) in [6.45, 7) is 1.13. The second-order valence-electron chi connectivity index (χ2n) is 7.03. The number of Topliss-reactive ketones (excluding diaryl/α,β-unsaturated/α-hetero) is 1. The third-order valence-electron chi connectivity index (χ3n) is 5.29. The number of pyridine rings is 1. The van der Waals surface area contributed by atoms with Gasteiger partial charge in [-0.05, 0) is 49.2 Å². The van der Waals surface area contributed by atoms with Gasteiger partial charge < -0.3 is 9.64 Å². The highest BCUT2D eigenvalue weighted by molar-refractivity contribution is 5.98. The van der Waals surface area contributed by atoms with Gasteiger partial charge in [-0.15, -0.1) is 0 Å². The fraction of sp³-hybridized carbons (Fsp3) is 0.273. The van der Waals surface area contributed by atoms with Gasteiger partial charge in [0.15, 0.2) is 5.78 Å². The maximum Gasteiger partial charge on any atom is 0.255 e. The molecular weight excluding hydrogens is 368 g/mol. The summed E-state index contributed by atoms with van der Waals surface area (Å²) in [4.78, 5) is 35.7. The first kappa shape index (κ1) is 18.9. The van der Waals surface area contributed by atoms with Gasteiger partial charge in [0.1, 0.15) is 17.9 Å². The smallest absolute Gasteiger partial charge is 0.255 e. The molecule has 29 heavy (non-hydrogen) atoms. The molecule has 3 aromatic rings. The van der Waals surface area contributed by atoms with Crippen LogP contribution in [0, 0.1) is 5.92 Å². The Kier molecular flexibility index (Phi) is 5.37. The lowest BCUT2D eigenvalue weighted by Gasteiger charge is -2.31. The lowest BCUT2D eigenvalue weighted by molar-refractivity contribution is 0.0650. The number of imidazole rings is 1. The molecule has 1 fully saturated rings. The highest BCUT2D eigenvalue weighted by Crippen LogP contribution is 2.24. The van der Waals surface area contributed by atoms with Gasteiger partial charge in [0.2, 0.25) is 0 Å². The Hall–Kier alpha value is -3.48. The molecule has 0 aliphatic carbocycles. The molecule has 1 aromatic carbocycles. The summed E-state index contributed by atoms with van der Waals surface area (Å²) in [5, 5.41) is 0.